The van der Waals surface area contributed by atoms with Crippen LogP contribution in [0.1, 0.15) is 45.8 Å². The average Bonchev–Trinajstić information content (AvgIpc) is 3.10. The highest BCUT2D eigenvalue weighted by Gasteiger charge is 2.24. The number of rotatable bonds is 9. The van der Waals surface area contributed by atoms with Crippen molar-refractivity contribution in [2.75, 3.05) is 45.2 Å². The fourth-order valence-electron chi connectivity index (χ4n) is 6.19. The quantitative estimate of drug-likeness (QED) is 0.221. The first-order chi connectivity index (χ1) is 23.3. The van der Waals surface area contributed by atoms with Gasteiger partial charge in [0.2, 0.25) is 5.88 Å². The molecule has 1 saturated heterocycles. The van der Waals surface area contributed by atoms with E-state index in [0.29, 0.717) is 88.5 Å². The van der Waals surface area contributed by atoms with Crippen LogP contribution in [0, 0.1) is 11.3 Å². The number of nitrogens with one attached hydrogen (secondary N) is 1. The molecule has 2 aromatic carbocycles. The number of benzene rings is 2. The van der Waals surface area contributed by atoms with Crippen molar-refractivity contribution in [3.8, 4) is 34.3 Å². The van der Waals surface area contributed by atoms with E-state index in [0.717, 1.165) is 31.5 Å². The van der Waals surface area contributed by atoms with Gasteiger partial charge in [-0.25, -0.2) is 9.97 Å². The van der Waals surface area contributed by atoms with E-state index in [9.17, 15) is 20.3 Å². The van der Waals surface area contributed by atoms with Crippen molar-refractivity contribution in [3.05, 3.63) is 86.9 Å². The molecule has 48 heavy (non-hydrogen) atoms. The van der Waals surface area contributed by atoms with Crippen LogP contribution in [0.4, 0.5) is 5.69 Å². The van der Waals surface area contributed by atoms with Crippen LogP contribution >= 0.6 is 23.2 Å². The lowest BCUT2D eigenvalue weighted by Crippen LogP contribution is -2.35. The number of nitrogens with zero attached hydrogens (tertiary/aromatic N) is 6. The van der Waals surface area contributed by atoms with Crippen LogP contribution in [0.3, 0.4) is 0 Å². The summed E-state index contributed by atoms with van der Waals surface area (Å²) in [6.45, 7) is 3.77. The summed E-state index contributed by atoms with van der Waals surface area (Å²) in [4.78, 5) is 31.7. The predicted molar refractivity (Wildman–Crippen MR) is 183 cm³/mol. The Morgan fingerprint density at radius 2 is 1.79 bits per heavy atom. The third kappa shape index (κ3) is 7.15. The van der Waals surface area contributed by atoms with Gasteiger partial charge < -0.3 is 20.3 Å². The first-order valence-corrected chi connectivity index (χ1v) is 16.5. The Hall–Kier alpha value is -4.15. The number of nitriles is 1. The van der Waals surface area contributed by atoms with Crippen LogP contribution in [-0.2, 0) is 19.5 Å². The lowest BCUT2D eigenvalue weighted by Gasteiger charge is -2.29. The molecular weight excluding hydrogens is 653 g/mol. The number of hydrogen-bond acceptors (Lipinski definition) is 10. The largest absolute Gasteiger partial charge is 0.480 e. The van der Waals surface area contributed by atoms with Crippen molar-refractivity contribution >= 4 is 34.8 Å². The van der Waals surface area contributed by atoms with Gasteiger partial charge in [0.1, 0.15) is 11.4 Å². The number of methoxy groups -OCH3 is 1. The molecule has 0 bridgehead atoms. The number of halogens is 2. The minimum absolute atomic E-state index is 0.0160. The monoisotopic (exact) mass is 687 g/mol. The molecular formula is C35H35Cl2N7O4. The molecule has 248 valence electrons. The fourth-order valence-corrected chi connectivity index (χ4v) is 6.79. The standard InChI is InChI=1S/C35H35Cl2N7O4/c1-48-35-31(20-43-11-8-22(46)9-12-43)39-18-29(42-35)26-6-2-4-24(32(26)36)25-5-3-7-27(33(25)37)41-34(47)28-16-21(17-38)23-10-13-44(14-15-45)19-30(23)40-28/h2-7,16,18,22,45-46H,8-15,19-20H2,1H3,(H,41,47). The second-order valence-electron chi connectivity index (χ2n) is 11.8. The van der Waals surface area contributed by atoms with E-state index >= 15 is 0 Å². The van der Waals surface area contributed by atoms with Crippen LogP contribution in [-0.4, -0.2) is 86.9 Å². The molecule has 1 fully saturated rings. The number of anilines is 1. The zero-order chi connectivity index (χ0) is 33.8. The van der Waals surface area contributed by atoms with Crippen LogP contribution < -0.4 is 10.1 Å². The van der Waals surface area contributed by atoms with E-state index in [2.05, 4.69) is 26.3 Å². The van der Waals surface area contributed by atoms with Crippen LogP contribution in [0.5, 0.6) is 5.88 Å². The van der Waals surface area contributed by atoms with Gasteiger partial charge in [0.15, 0.2) is 0 Å². The summed E-state index contributed by atoms with van der Waals surface area (Å²) in [6, 6.07) is 14.5. The molecule has 2 aliphatic heterocycles. The van der Waals surface area contributed by atoms with Gasteiger partial charge in [-0.1, -0.05) is 53.5 Å². The molecule has 2 aromatic heterocycles. The van der Waals surface area contributed by atoms with Gasteiger partial charge in [0.25, 0.3) is 5.91 Å². The van der Waals surface area contributed by atoms with Gasteiger partial charge in [0, 0.05) is 56.0 Å². The normalized spacial score (nSPS) is 15.5. The smallest absolute Gasteiger partial charge is 0.274 e. The molecule has 1 amide bonds. The Morgan fingerprint density at radius 3 is 2.52 bits per heavy atom. The molecule has 0 spiro atoms. The molecule has 0 aliphatic carbocycles. The SMILES string of the molecule is COc1nc(-c2cccc(-c3cccc(NC(=O)c4cc(C#N)c5c(n4)CN(CCO)CC5)c3Cl)c2Cl)cnc1CN1CCC(O)CC1. The Balaban J connectivity index is 1.25. The van der Waals surface area contributed by atoms with E-state index in [1.165, 1.54) is 6.07 Å². The molecule has 0 atom stereocenters. The molecule has 13 heteroatoms. The Labute approximate surface area is 288 Å². The number of carbonyl (C=O) groups excluding carboxylic acids is 1. The number of ether oxygens (including phenoxy) is 1. The molecule has 2 aliphatic rings. The maximum Gasteiger partial charge on any atom is 0.274 e. The third-order valence-electron chi connectivity index (χ3n) is 8.78. The van der Waals surface area contributed by atoms with Crippen LogP contribution in [0.15, 0.2) is 48.7 Å². The molecule has 4 heterocycles. The highest BCUT2D eigenvalue weighted by molar-refractivity contribution is 6.39. The van der Waals surface area contributed by atoms with Gasteiger partial charge in [-0.05, 0) is 37.0 Å². The van der Waals surface area contributed by atoms with Gasteiger partial charge in [0.05, 0.1) is 64.8 Å². The van der Waals surface area contributed by atoms with Crippen LogP contribution in [0.25, 0.3) is 22.4 Å². The summed E-state index contributed by atoms with van der Waals surface area (Å²) in [5.74, 6) is -0.102. The summed E-state index contributed by atoms with van der Waals surface area (Å²) >= 11 is 13.9. The predicted octanol–water partition coefficient (Wildman–Crippen LogP) is 4.95. The van der Waals surface area contributed by atoms with E-state index in [-0.39, 0.29) is 23.4 Å². The highest BCUT2D eigenvalue weighted by atomic mass is 35.5. The van der Waals surface area contributed by atoms with E-state index in [4.69, 9.17) is 32.9 Å². The fraction of sp³-hybridized carbons (Fsp3) is 0.343. The Kier molecular flexibility index (Phi) is 10.5. The second-order valence-corrected chi connectivity index (χ2v) is 12.6. The van der Waals surface area contributed by atoms with Gasteiger partial charge in [-0.15, -0.1) is 0 Å². The first-order valence-electron chi connectivity index (χ1n) is 15.7. The summed E-state index contributed by atoms with van der Waals surface area (Å²) in [6.07, 6.45) is 3.48. The average molecular weight is 689 g/mol. The van der Waals surface area contributed by atoms with Gasteiger partial charge >= 0.3 is 0 Å². The summed E-state index contributed by atoms with van der Waals surface area (Å²) < 4.78 is 5.61. The lowest BCUT2D eigenvalue weighted by molar-refractivity contribution is 0.0781. The first kappa shape index (κ1) is 33.7. The number of aromatic nitrogens is 3. The van der Waals surface area contributed by atoms with Crippen LogP contribution in [0.2, 0.25) is 10.0 Å². The number of amides is 1. The number of hydrogen-bond donors (Lipinski definition) is 3. The Bertz CT molecular complexity index is 1870. The number of carbonyl (C=O) groups is 1. The number of pyridine rings is 1. The summed E-state index contributed by atoms with van der Waals surface area (Å²) in [5.41, 5.74) is 5.46. The molecule has 0 unspecified atom stereocenters. The number of aliphatic hydroxyl groups is 2. The van der Waals surface area contributed by atoms with Crippen molar-refractivity contribution in [3.63, 3.8) is 0 Å². The number of piperidine rings is 1. The molecule has 4 aromatic rings. The minimum atomic E-state index is -0.504. The van der Waals surface area contributed by atoms with E-state index in [1.54, 1.807) is 25.4 Å². The van der Waals surface area contributed by atoms with E-state index < -0.39 is 5.91 Å². The maximum absolute atomic E-state index is 13.4. The van der Waals surface area contributed by atoms with Crippen molar-refractivity contribution in [1.82, 2.24) is 24.8 Å². The third-order valence-corrected chi connectivity index (χ3v) is 9.59. The number of fused-ring (bicyclic) bond motifs is 1. The molecule has 11 nitrogen and oxygen atoms in total. The molecule has 0 saturated carbocycles. The number of aliphatic hydroxyl groups excluding tert-OH is 2. The van der Waals surface area contributed by atoms with Crippen molar-refractivity contribution in [2.24, 2.45) is 0 Å². The zero-order valence-corrected chi connectivity index (χ0v) is 27.9. The van der Waals surface area contributed by atoms with Crippen molar-refractivity contribution in [1.29, 1.82) is 5.26 Å². The van der Waals surface area contributed by atoms with Crippen molar-refractivity contribution in [2.45, 2.75) is 38.5 Å². The van der Waals surface area contributed by atoms with Crippen molar-refractivity contribution < 1.29 is 19.7 Å². The zero-order valence-electron chi connectivity index (χ0n) is 26.4. The summed E-state index contributed by atoms with van der Waals surface area (Å²) in [7, 11) is 1.56. The number of likely N-dealkylation sites (tertiary alicyclic amines) is 1. The van der Waals surface area contributed by atoms with Gasteiger partial charge in [-0.3, -0.25) is 19.6 Å². The van der Waals surface area contributed by atoms with Gasteiger partial charge in [-0.2, -0.15) is 5.26 Å². The molecule has 6 rings (SSSR count). The topological polar surface area (TPSA) is 148 Å². The Morgan fingerprint density at radius 1 is 1.06 bits per heavy atom. The van der Waals surface area contributed by atoms with E-state index in [1.807, 2.05) is 29.2 Å². The summed E-state index contributed by atoms with van der Waals surface area (Å²) in [5, 5.41) is 32.5. The molecule has 3 N–H and O–H groups in total. The second kappa shape index (κ2) is 15.0. The molecule has 0 radical (unpaired) electrons. The highest BCUT2D eigenvalue weighted by Crippen LogP contribution is 2.41. The number of β-amino-alcohol motifs (C(OH)–C–C–N with tert-alkyl or cyclic N) is 1. The lowest BCUT2D eigenvalue weighted by atomic mass is 9.98. The minimum Gasteiger partial charge on any atom is -0.480 e. The maximum atomic E-state index is 13.4.